The van der Waals surface area contributed by atoms with Crippen LogP contribution < -0.4 is 0 Å². The summed E-state index contributed by atoms with van der Waals surface area (Å²) in [5.41, 5.74) is 1.20. The van der Waals surface area contributed by atoms with E-state index in [1.165, 1.54) is 13.0 Å². The van der Waals surface area contributed by atoms with Crippen LogP contribution in [0.25, 0.3) is 6.08 Å². The molecule has 1 N–H and O–H groups in total. The maximum Gasteiger partial charge on any atom is 0.376 e. The van der Waals surface area contributed by atoms with Gasteiger partial charge in [-0.15, -0.1) is 0 Å². The van der Waals surface area contributed by atoms with E-state index in [1.54, 1.807) is 12.2 Å². The minimum absolute atomic E-state index is 0.208. The minimum Gasteiger partial charge on any atom is -0.475 e. The van der Waals surface area contributed by atoms with Gasteiger partial charge in [0.15, 0.2) is 0 Å². The SMILES string of the molecule is C/C(=C\C=C\c1ccccc1)C(=O)C(=O)O. The highest BCUT2D eigenvalue weighted by molar-refractivity contribution is 6.39. The van der Waals surface area contributed by atoms with Gasteiger partial charge in [0.05, 0.1) is 0 Å². The van der Waals surface area contributed by atoms with Crippen LogP contribution in [0.15, 0.2) is 48.1 Å². The molecule has 0 heterocycles. The Hall–Kier alpha value is -2.16. The summed E-state index contributed by atoms with van der Waals surface area (Å²) in [6.07, 6.45) is 4.95. The largest absolute Gasteiger partial charge is 0.475 e. The Kier molecular flexibility index (Phi) is 4.21. The van der Waals surface area contributed by atoms with Gasteiger partial charge in [0.25, 0.3) is 5.78 Å². The molecule has 0 atom stereocenters. The second-order valence-electron chi connectivity index (χ2n) is 3.25. The standard InChI is InChI=1S/C13H12O3/c1-10(12(14)13(15)16)6-5-9-11-7-3-2-4-8-11/h2-9H,1H3,(H,15,16)/b9-5+,10-6+. The van der Waals surface area contributed by atoms with Crippen molar-refractivity contribution < 1.29 is 14.7 Å². The number of allylic oxidation sites excluding steroid dienone is 2. The summed E-state index contributed by atoms with van der Waals surface area (Å²) >= 11 is 0. The molecule has 3 heteroatoms. The highest BCUT2D eigenvalue weighted by Gasteiger charge is 2.11. The minimum atomic E-state index is -1.43. The third kappa shape index (κ3) is 3.53. The van der Waals surface area contributed by atoms with Gasteiger partial charge in [0.1, 0.15) is 0 Å². The normalized spacial score (nSPS) is 11.7. The zero-order valence-electron chi connectivity index (χ0n) is 8.88. The molecule has 0 unspecified atom stereocenters. The van der Waals surface area contributed by atoms with E-state index in [0.29, 0.717) is 0 Å². The van der Waals surface area contributed by atoms with E-state index in [2.05, 4.69) is 0 Å². The topological polar surface area (TPSA) is 54.4 Å². The lowest BCUT2D eigenvalue weighted by molar-refractivity contribution is -0.147. The first-order valence-corrected chi connectivity index (χ1v) is 4.79. The highest BCUT2D eigenvalue weighted by Crippen LogP contribution is 2.02. The zero-order valence-corrected chi connectivity index (χ0v) is 8.88. The predicted octanol–water partition coefficient (Wildman–Crippen LogP) is 2.30. The molecule has 0 aromatic heterocycles. The van der Waals surface area contributed by atoms with Crippen LogP contribution in [-0.2, 0) is 9.59 Å². The first-order valence-electron chi connectivity index (χ1n) is 4.79. The third-order valence-corrected chi connectivity index (χ3v) is 1.99. The van der Waals surface area contributed by atoms with Crippen molar-refractivity contribution in [1.82, 2.24) is 0 Å². The number of hydrogen-bond acceptors (Lipinski definition) is 2. The second-order valence-corrected chi connectivity index (χ2v) is 3.25. The molecule has 0 aliphatic carbocycles. The number of benzene rings is 1. The first kappa shape index (κ1) is 11.9. The van der Waals surface area contributed by atoms with E-state index in [0.717, 1.165) is 5.56 Å². The molecule has 0 bridgehead atoms. The van der Waals surface area contributed by atoms with Crippen molar-refractivity contribution >= 4 is 17.8 Å². The smallest absolute Gasteiger partial charge is 0.376 e. The number of aliphatic carboxylic acids is 1. The zero-order chi connectivity index (χ0) is 12.0. The lowest BCUT2D eigenvalue weighted by atomic mass is 10.1. The average Bonchev–Trinajstić information content (AvgIpc) is 2.29. The van der Waals surface area contributed by atoms with Gasteiger partial charge >= 0.3 is 5.97 Å². The molecule has 0 saturated carbocycles. The third-order valence-electron chi connectivity index (χ3n) is 1.99. The summed E-state index contributed by atoms with van der Waals surface area (Å²) in [6, 6.07) is 9.54. The summed E-state index contributed by atoms with van der Waals surface area (Å²) in [4.78, 5) is 21.3. The van der Waals surface area contributed by atoms with Crippen LogP contribution in [-0.4, -0.2) is 16.9 Å². The monoisotopic (exact) mass is 216 g/mol. The fourth-order valence-corrected chi connectivity index (χ4v) is 1.11. The van der Waals surface area contributed by atoms with Crippen LogP contribution in [0.4, 0.5) is 0 Å². The van der Waals surface area contributed by atoms with Gasteiger partial charge in [-0.2, -0.15) is 0 Å². The Labute approximate surface area is 93.7 Å². The maximum absolute atomic E-state index is 11.0. The second kappa shape index (κ2) is 5.66. The molecular formula is C13H12O3. The molecule has 0 spiro atoms. The number of ketones is 1. The van der Waals surface area contributed by atoms with Crippen LogP contribution in [0.5, 0.6) is 0 Å². The van der Waals surface area contributed by atoms with Crippen LogP contribution in [0, 0.1) is 0 Å². The summed E-state index contributed by atoms with van der Waals surface area (Å²) < 4.78 is 0. The number of rotatable bonds is 4. The van der Waals surface area contributed by atoms with Crippen LogP contribution >= 0.6 is 0 Å². The Morgan fingerprint density at radius 3 is 2.38 bits per heavy atom. The van der Waals surface area contributed by atoms with Gasteiger partial charge in [-0.05, 0) is 12.5 Å². The molecule has 3 nitrogen and oxygen atoms in total. The Balaban J connectivity index is 2.70. The van der Waals surface area contributed by atoms with E-state index in [1.807, 2.05) is 30.3 Å². The molecule has 0 fully saturated rings. The number of carbonyl (C=O) groups excluding carboxylic acids is 1. The Morgan fingerprint density at radius 1 is 1.19 bits per heavy atom. The molecule has 0 aliphatic heterocycles. The van der Waals surface area contributed by atoms with Crippen LogP contribution in [0.1, 0.15) is 12.5 Å². The number of carbonyl (C=O) groups is 2. The van der Waals surface area contributed by atoms with E-state index < -0.39 is 11.8 Å². The van der Waals surface area contributed by atoms with Crippen LogP contribution in [0.3, 0.4) is 0 Å². The van der Waals surface area contributed by atoms with Crippen molar-refractivity contribution in [1.29, 1.82) is 0 Å². The number of hydrogen-bond donors (Lipinski definition) is 1. The quantitative estimate of drug-likeness (QED) is 0.477. The molecule has 0 radical (unpaired) electrons. The first-order chi connectivity index (χ1) is 7.61. The molecule has 1 aromatic carbocycles. The van der Waals surface area contributed by atoms with Crippen molar-refractivity contribution in [3.63, 3.8) is 0 Å². The van der Waals surface area contributed by atoms with Gasteiger partial charge in [-0.3, -0.25) is 4.79 Å². The lowest BCUT2D eigenvalue weighted by Crippen LogP contribution is -2.12. The van der Waals surface area contributed by atoms with Gasteiger partial charge in [-0.25, -0.2) is 4.79 Å². The average molecular weight is 216 g/mol. The predicted molar refractivity (Wildman–Crippen MR) is 61.9 cm³/mol. The van der Waals surface area contributed by atoms with Crippen molar-refractivity contribution in [2.45, 2.75) is 6.92 Å². The van der Waals surface area contributed by atoms with Crippen molar-refractivity contribution in [2.75, 3.05) is 0 Å². The Morgan fingerprint density at radius 2 is 1.81 bits per heavy atom. The van der Waals surface area contributed by atoms with Crippen molar-refractivity contribution in [3.05, 3.63) is 53.6 Å². The van der Waals surface area contributed by atoms with Crippen LogP contribution in [0.2, 0.25) is 0 Å². The highest BCUT2D eigenvalue weighted by atomic mass is 16.4. The van der Waals surface area contributed by atoms with Gasteiger partial charge < -0.3 is 5.11 Å². The molecule has 1 rings (SSSR count). The fourth-order valence-electron chi connectivity index (χ4n) is 1.11. The molecule has 82 valence electrons. The van der Waals surface area contributed by atoms with E-state index in [-0.39, 0.29) is 5.57 Å². The lowest BCUT2D eigenvalue weighted by Gasteiger charge is -1.92. The van der Waals surface area contributed by atoms with E-state index >= 15 is 0 Å². The van der Waals surface area contributed by atoms with Crippen molar-refractivity contribution in [3.8, 4) is 0 Å². The van der Waals surface area contributed by atoms with Crippen molar-refractivity contribution in [2.24, 2.45) is 0 Å². The van der Waals surface area contributed by atoms with E-state index in [4.69, 9.17) is 5.11 Å². The van der Waals surface area contributed by atoms with E-state index in [9.17, 15) is 9.59 Å². The van der Waals surface area contributed by atoms with Gasteiger partial charge in [0.2, 0.25) is 0 Å². The molecule has 0 saturated heterocycles. The molecule has 0 aliphatic rings. The fraction of sp³-hybridized carbons (Fsp3) is 0.0769. The molecule has 0 amide bonds. The molecular weight excluding hydrogens is 204 g/mol. The summed E-state index contributed by atoms with van der Waals surface area (Å²) in [7, 11) is 0. The molecule has 16 heavy (non-hydrogen) atoms. The van der Waals surface area contributed by atoms with Gasteiger partial charge in [-0.1, -0.05) is 48.6 Å². The number of Topliss-reactive ketones (excluding diaryl/α,β-unsaturated/α-hetero) is 1. The summed E-state index contributed by atoms with van der Waals surface area (Å²) in [6.45, 7) is 1.48. The number of carboxylic acids is 1. The number of carboxylic acid groups (broad SMARTS) is 1. The Bertz CT molecular complexity index is 442. The summed E-state index contributed by atoms with van der Waals surface area (Å²) in [5, 5.41) is 8.45. The van der Waals surface area contributed by atoms with Gasteiger partial charge in [0, 0.05) is 5.57 Å². The summed E-state index contributed by atoms with van der Waals surface area (Å²) in [5.74, 6) is -2.31. The maximum atomic E-state index is 11.0. The molecule has 1 aromatic rings.